The lowest BCUT2D eigenvalue weighted by Gasteiger charge is -2.12. The summed E-state index contributed by atoms with van der Waals surface area (Å²) in [6, 6.07) is 16.7. The van der Waals surface area contributed by atoms with Gasteiger partial charge in [-0.1, -0.05) is 18.2 Å². The van der Waals surface area contributed by atoms with Crippen LogP contribution in [-0.2, 0) is 6.54 Å². The predicted octanol–water partition coefficient (Wildman–Crippen LogP) is 3.35. The summed E-state index contributed by atoms with van der Waals surface area (Å²) in [5, 5.41) is 6.46. The van der Waals surface area contributed by atoms with Crippen LogP contribution in [0.2, 0.25) is 0 Å². The molecule has 0 radical (unpaired) electrons. The van der Waals surface area contributed by atoms with E-state index in [0.717, 1.165) is 5.56 Å². The number of H-pyrrole nitrogens is 1. The Kier molecular flexibility index (Phi) is 5.53. The Morgan fingerprint density at radius 2 is 1.87 bits per heavy atom. The molecule has 1 amide bonds. The van der Waals surface area contributed by atoms with E-state index in [1.807, 2.05) is 0 Å². The van der Waals surface area contributed by atoms with Crippen molar-refractivity contribution >= 4 is 28.3 Å². The number of fused-ring (bicyclic) bond motifs is 1. The van der Waals surface area contributed by atoms with Crippen molar-refractivity contribution in [3.05, 3.63) is 98.8 Å². The molecule has 0 fully saturated rings. The zero-order chi connectivity index (χ0) is 21.8. The van der Waals surface area contributed by atoms with Gasteiger partial charge in [0.15, 0.2) is 0 Å². The number of anilines is 2. The minimum absolute atomic E-state index is 0.0399. The quantitative estimate of drug-likeness (QED) is 0.415. The standard InChI is InChI=1S/C23H19N3O5/c1-30-16-8-7-15-10-19(23(29)31-20(15)11-16)26-22(28)17-4-2-3-5-18(17)24-12-14-6-9-21(27)25-13-14/h2-11,13,24H,12H2,1H3,(H,25,27)(H,26,28). The van der Waals surface area contributed by atoms with E-state index in [1.165, 1.54) is 13.2 Å². The second-order valence-corrected chi connectivity index (χ2v) is 6.77. The van der Waals surface area contributed by atoms with Crippen molar-refractivity contribution in [3.63, 3.8) is 0 Å². The fourth-order valence-electron chi connectivity index (χ4n) is 3.08. The van der Waals surface area contributed by atoms with Gasteiger partial charge in [0, 0.05) is 35.9 Å². The monoisotopic (exact) mass is 417 g/mol. The summed E-state index contributed by atoms with van der Waals surface area (Å²) in [6.45, 7) is 0.404. The number of nitrogens with one attached hydrogen (secondary N) is 3. The Labute approximate surface area is 176 Å². The number of aromatic amines is 1. The van der Waals surface area contributed by atoms with Crippen molar-refractivity contribution in [1.82, 2.24) is 4.98 Å². The lowest BCUT2D eigenvalue weighted by molar-refractivity contribution is 0.102. The second kappa shape index (κ2) is 8.58. The van der Waals surface area contributed by atoms with Crippen LogP contribution in [-0.4, -0.2) is 18.0 Å². The fraction of sp³-hybridized carbons (Fsp3) is 0.0870. The molecule has 2 aromatic carbocycles. The summed E-state index contributed by atoms with van der Waals surface area (Å²) in [6.07, 6.45) is 1.60. The third kappa shape index (κ3) is 4.48. The van der Waals surface area contributed by atoms with Crippen molar-refractivity contribution in [2.75, 3.05) is 17.7 Å². The van der Waals surface area contributed by atoms with Gasteiger partial charge in [0.05, 0.1) is 12.7 Å². The van der Waals surface area contributed by atoms with E-state index in [0.29, 0.717) is 34.5 Å². The Bertz CT molecular complexity index is 1350. The molecule has 0 aliphatic rings. The number of ether oxygens (including phenoxy) is 1. The molecule has 0 aliphatic heterocycles. The van der Waals surface area contributed by atoms with Gasteiger partial charge in [-0.15, -0.1) is 0 Å². The highest BCUT2D eigenvalue weighted by molar-refractivity contribution is 6.08. The van der Waals surface area contributed by atoms with Gasteiger partial charge < -0.3 is 24.8 Å². The molecule has 0 unspecified atom stereocenters. The van der Waals surface area contributed by atoms with Crippen LogP contribution in [0.25, 0.3) is 11.0 Å². The molecule has 156 valence electrons. The summed E-state index contributed by atoms with van der Waals surface area (Å²) in [7, 11) is 1.52. The maximum Gasteiger partial charge on any atom is 0.360 e. The van der Waals surface area contributed by atoms with E-state index < -0.39 is 11.5 Å². The molecule has 31 heavy (non-hydrogen) atoms. The number of benzene rings is 2. The highest BCUT2D eigenvalue weighted by Crippen LogP contribution is 2.22. The minimum atomic E-state index is -0.659. The Morgan fingerprint density at radius 3 is 2.65 bits per heavy atom. The molecule has 0 aliphatic carbocycles. The maximum absolute atomic E-state index is 12.9. The molecule has 0 atom stereocenters. The third-order valence-electron chi connectivity index (χ3n) is 4.69. The summed E-state index contributed by atoms with van der Waals surface area (Å²) >= 11 is 0. The number of carbonyl (C=O) groups is 1. The zero-order valence-electron chi connectivity index (χ0n) is 16.6. The van der Waals surface area contributed by atoms with Crippen LogP contribution in [0.5, 0.6) is 5.75 Å². The molecule has 4 rings (SSSR count). The number of hydrogen-bond donors (Lipinski definition) is 3. The maximum atomic E-state index is 12.9. The van der Waals surface area contributed by atoms with Gasteiger partial charge in [-0.3, -0.25) is 9.59 Å². The van der Waals surface area contributed by atoms with Gasteiger partial charge in [-0.05, 0) is 35.9 Å². The van der Waals surface area contributed by atoms with Crippen molar-refractivity contribution in [1.29, 1.82) is 0 Å². The molecule has 3 N–H and O–H groups in total. The van der Waals surface area contributed by atoms with Crippen molar-refractivity contribution in [3.8, 4) is 5.75 Å². The van der Waals surface area contributed by atoms with Crippen LogP contribution < -0.4 is 26.6 Å². The molecule has 4 aromatic rings. The van der Waals surface area contributed by atoms with E-state index in [-0.39, 0.29) is 11.2 Å². The molecule has 0 spiro atoms. The number of amides is 1. The first-order valence-electron chi connectivity index (χ1n) is 9.47. The van der Waals surface area contributed by atoms with Gasteiger partial charge in [0.2, 0.25) is 5.56 Å². The summed E-state index contributed by atoms with van der Waals surface area (Å²) in [5.41, 5.74) is 1.36. The Morgan fingerprint density at radius 1 is 1.03 bits per heavy atom. The van der Waals surface area contributed by atoms with Crippen molar-refractivity contribution in [2.45, 2.75) is 6.54 Å². The topological polar surface area (TPSA) is 113 Å². The fourth-order valence-corrected chi connectivity index (χ4v) is 3.08. The highest BCUT2D eigenvalue weighted by Gasteiger charge is 2.14. The van der Waals surface area contributed by atoms with Gasteiger partial charge in [-0.2, -0.15) is 0 Å². The number of hydrogen-bond acceptors (Lipinski definition) is 6. The molecule has 2 aromatic heterocycles. The number of pyridine rings is 1. The normalized spacial score (nSPS) is 10.6. The van der Waals surface area contributed by atoms with Crippen molar-refractivity contribution in [2.24, 2.45) is 0 Å². The number of methoxy groups -OCH3 is 1. The lowest BCUT2D eigenvalue weighted by atomic mass is 10.1. The van der Waals surface area contributed by atoms with Crippen LogP contribution >= 0.6 is 0 Å². The smallest absolute Gasteiger partial charge is 0.360 e. The molecule has 0 saturated carbocycles. The number of carbonyl (C=O) groups excluding carboxylic acids is 1. The second-order valence-electron chi connectivity index (χ2n) is 6.77. The summed E-state index contributed by atoms with van der Waals surface area (Å²) < 4.78 is 10.5. The average Bonchev–Trinajstić information content (AvgIpc) is 2.79. The minimum Gasteiger partial charge on any atom is -0.497 e. The van der Waals surface area contributed by atoms with Gasteiger partial charge in [0.1, 0.15) is 17.0 Å². The first-order valence-corrected chi connectivity index (χ1v) is 9.47. The van der Waals surface area contributed by atoms with Crippen LogP contribution in [0.3, 0.4) is 0 Å². The third-order valence-corrected chi connectivity index (χ3v) is 4.69. The first-order chi connectivity index (χ1) is 15.0. The van der Waals surface area contributed by atoms with Crippen LogP contribution in [0, 0.1) is 0 Å². The van der Waals surface area contributed by atoms with Gasteiger partial charge in [0.25, 0.3) is 5.91 Å². The Hall–Kier alpha value is -4.33. The van der Waals surface area contributed by atoms with Crippen LogP contribution in [0.4, 0.5) is 11.4 Å². The first kappa shape index (κ1) is 20.0. The van der Waals surface area contributed by atoms with E-state index in [1.54, 1.807) is 60.8 Å². The highest BCUT2D eigenvalue weighted by atomic mass is 16.5. The molecular weight excluding hydrogens is 398 g/mol. The van der Waals surface area contributed by atoms with Gasteiger partial charge in [-0.25, -0.2) is 4.79 Å². The van der Waals surface area contributed by atoms with E-state index in [9.17, 15) is 14.4 Å². The molecule has 8 nitrogen and oxygen atoms in total. The van der Waals surface area contributed by atoms with Crippen molar-refractivity contribution < 1.29 is 13.9 Å². The average molecular weight is 417 g/mol. The Balaban J connectivity index is 1.56. The lowest BCUT2D eigenvalue weighted by Crippen LogP contribution is -2.19. The molecule has 0 bridgehead atoms. The number of para-hydroxylation sites is 1. The van der Waals surface area contributed by atoms with Crippen LogP contribution in [0.15, 0.2) is 80.9 Å². The number of aromatic nitrogens is 1. The largest absolute Gasteiger partial charge is 0.497 e. The molecule has 0 saturated heterocycles. The SMILES string of the molecule is COc1ccc2cc(NC(=O)c3ccccc3NCc3ccc(=O)[nH]c3)c(=O)oc2c1. The van der Waals surface area contributed by atoms with E-state index in [4.69, 9.17) is 9.15 Å². The summed E-state index contributed by atoms with van der Waals surface area (Å²) in [5.74, 6) is 0.111. The van der Waals surface area contributed by atoms with E-state index in [2.05, 4.69) is 15.6 Å². The summed E-state index contributed by atoms with van der Waals surface area (Å²) in [4.78, 5) is 39.0. The molecule has 8 heteroatoms. The molecule has 2 heterocycles. The van der Waals surface area contributed by atoms with E-state index >= 15 is 0 Å². The van der Waals surface area contributed by atoms with Gasteiger partial charge >= 0.3 is 5.63 Å². The zero-order valence-corrected chi connectivity index (χ0v) is 16.6. The number of rotatable bonds is 6. The molecular formula is C23H19N3O5. The van der Waals surface area contributed by atoms with Crippen LogP contribution in [0.1, 0.15) is 15.9 Å². The predicted molar refractivity (Wildman–Crippen MR) is 118 cm³/mol.